The first-order chi connectivity index (χ1) is 9.74. The van der Waals surface area contributed by atoms with Gasteiger partial charge in [0.25, 0.3) is 0 Å². The highest BCUT2D eigenvalue weighted by molar-refractivity contribution is 5.60. The van der Waals surface area contributed by atoms with Crippen molar-refractivity contribution < 1.29 is 0 Å². The molecule has 2 aromatic rings. The molecule has 0 aliphatic carbocycles. The third-order valence-electron chi connectivity index (χ3n) is 3.78. The lowest BCUT2D eigenvalue weighted by molar-refractivity contribution is 0.532. The normalized spacial score (nSPS) is 13.9. The van der Waals surface area contributed by atoms with E-state index in [4.69, 9.17) is 0 Å². The summed E-state index contributed by atoms with van der Waals surface area (Å²) in [7, 11) is 0. The Balaban J connectivity index is 1.71. The lowest BCUT2D eigenvalue weighted by atomic mass is 9.99. The maximum atomic E-state index is 4.35. The minimum atomic E-state index is 0.400. The van der Waals surface area contributed by atoms with Gasteiger partial charge in [0.05, 0.1) is 11.9 Å². The van der Waals surface area contributed by atoms with Crippen LogP contribution in [0.2, 0.25) is 0 Å². The summed E-state index contributed by atoms with van der Waals surface area (Å²) in [5.41, 5.74) is 5.17. The lowest BCUT2D eigenvalue weighted by Gasteiger charge is -2.21. The third-order valence-corrected chi connectivity index (χ3v) is 3.78. The van der Waals surface area contributed by atoms with Gasteiger partial charge >= 0.3 is 0 Å². The number of fused-ring (bicyclic) bond motifs is 1. The average molecular weight is 270 g/mol. The molecule has 3 rings (SSSR count). The number of nitrogens with one attached hydrogen (secondary N) is 2. The molecular formula is C16H22N4. The zero-order valence-electron chi connectivity index (χ0n) is 12.2. The fourth-order valence-electron chi connectivity index (χ4n) is 2.64. The van der Waals surface area contributed by atoms with E-state index < -0.39 is 0 Å². The van der Waals surface area contributed by atoms with Crippen molar-refractivity contribution in [1.82, 2.24) is 9.78 Å². The van der Waals surface area contributed by atoms with Crippen LogP contribution in [0.3, 0.4) is 0 Å². The molecule has 106 valence electrons. The van der Waals surface area contributed by atoms with Crippen LogP contribution in [0.15, 0.2) is 30.6 Å². The molecule has 1 aromatic carbocycles. The Labute approximate surface area is 120 Å². The van der Waals surface area contributed by atoms with Gasteiger partial charge in [-0.3, -0.25) is 4.68 Å². The molecule has 0 saturated carbocycles. The molecule has 0 bridgehead atoms. The van der Waals surface area contributed by atoms with Crippen molar-refractivity contribution in [2.75, 3.05) is 17.2 Å². The van der Waals surface area contributed by atoms with Crippen LogP contribution in [0.5, 0.6) is 0 Å². The number of nitrogens with zero attached hydrogens (tertiary/aromatic N) is 2. The fraction of sp³-hybridized carbons (Fsp3) is 0.438. The van der Waals surface area contributed by atoms with Crippen molar-refractivity contribution in [1.29, 1.82) is 0 Å². The van der Waals surface area contributed by atoms with Gasteiger partial charge in [-0.2, -0.15) is 5.10 Å². The molecule has 20 heavy (non-hydrogen) atoms. The lowest BCUT2D eigenvalue weighted by Crippen LogP contribution is -2.14. The van der Waals surface area contributed by atoms with E-state index in [9.17, 15) is 0 Å². The number of hydrogen-bond donors (Lipinski definition) is 2. The van der Waals surface area contributed by atoms with E-state index in [2.05, 4.69) is 54.0 Å². The largest absolute Gasteiger partial charge is 0.385 e. The first kappa shape index (κ1) is 13.0. The van der Waals surface area contributed by atoms with Crippen LogP contribution >= 0.6 is 0 Å². The molecule has 0 amide bonds. The molecule has 0 unspecified atom stereocenters. The van der Waals surface area contributed by atoms with Gasteiger partial charge in [-0.05, 0) is 37.8 Å². The third kappa shape index (κ3) is 2.64. The maximum Gasteiger partial charge on any atom is 0.0729 e. The predicted molar refractivity (Wildman–Crippen MR) is 83.2 cm³/mol. The van der Waals surface area contributed by atoms with Crippen LogP contribution in [0.25, 0.3) is 0 Å². The van der Waals surface area contributed by atoms with Gasteiger partial charge in [-0.15, -0.1) is 0 Å². The molecule has 0 saturated heterocycles. The first-order valence-electron chi connectivity index (χ1n) is 7.36. The Hall–Kier alpha value is -1.97. The van der Waals surface area contributed by atoms with Crippen LogP contribution < -0.4 is 10.6 Å². The number of aryl methyl sites for hydroxylation is 1. The number of benzene rings is 1. The summed E-state index contributed by atoms with van der Waals surface area (Å²) in [6, 6.07) is 6.97. The molecule has 0 radical (unpaired) electrons. The van der Waals surface area contributed by atoms with E-state index in [1.54, 1.807) is 0 Å². The van der Waals surface area contributed by atoms with E-state index in [-0.39, 0.29) is 0 Å². The standard InChI is InChI=1S/C16H22N4/c1-12(2)20-11-15(10-19-20)18-9-14-6-3-5-13-7-4-8-17-16(13)14/h3,5-6,10-12,17-18H,4,7-9H2,1-2H3. The Morgan fingerprint density at radius 1 is 1.40 bits per heavy atom. The highest BCUT2D eigenvalue weighted by Crippen LogP contribution is 2.26. The highest BCUT2D eigenvalue weighted by atomic mass is 15.3. The average Bonchev–Trinajstić information content (AvgIpc) is 2.94. The van der Waals surface area contributed by atoms with E-state index >= 15 is 0 Å². The van der Waals surface area contributed by atoms with Crippen LogP contribution in [0.1, 0.15) is 37.4 Å². The summed E-state index contributed by atoms with van der Waals surface area (Å²) in [6.45, 7) is 6.18. The zero-order valence-corrected chi connectivity index (χ0v) is 12.2. The molecule has 1 aromatic heterocycles. The molecule has 0 fully saturated rings. The van der Waals surface area contributed by atoms with Gasteiger partial charge in [0.2, 0.25) is 0 Å². The van der Waals surface area contributed by atoms with Gasteiger partial charge in [-0.1, -0.05) is 18.2 Å². The van der Waals surface area contributed by atoms with Gasteiger partial charge in [0.1, 0.15) is 0 Å². The molecule has 0 atom stereocenters. The van der Waals surface area contributed by atoms with Gasteiger partial charge in [-0.25, -0.2) is 0 Å². The van der Waals surface area contributed by atoms with Gasteiger partial charge in [0, 0.05) is 31.0 Å². The van der Waals surface area contributed by atoms with Crippen molar-refractivity contribution in [3.05, 3.63) is 41.7 Å². The molecule has 0 spiro atoms. The molecule has 4 nitrogen and oxygen atoms in total. The van der Waals surface area contributed by atoms with Gasteiger partial charge < -0.3 is 10.6 Å². The first-order valence-corrected chi connectivity index (χ1v) is 7.36. The van der Waals surface area contributed by atoms with Crippen LogP contribution in [-0.4, -0.2) is 16.3 Å². The number of anilines is 2. The number of hydrogen-bond acceptors (Lipinski definition) is 3. The Kier molecular flexibility index (Phi) is 3.63. The van der Waals surface area contributed by atoms with E-state index in [1.165, 1.54) is 29.7 Å². The second-order valence-corrected chi connectivity index (χ2v) is 5.64. The van der Waals surface area contributed by atoms with Crippen molar-refractivity contribution in [2.45, 2.75) is 39.3 Å². The predicted octanol–water partition coefficient (Wildman–Crippen LogP) is 3.43. The van der Waals surface area contributed by atoms with E-state index in [0.717, 1.165) is 18.8 Å². The minimum Gasteiger partial charge on any atom is -0.385 e. The van der Waals surface area contributed by atoms with Crippen LogP contribution in [0, 0.1) is 0 Å². The summed E-state index contributed by atoms with van der Waals surface area (Å²) in [6.07, 6.45) is 6.36. The zero-order chi connectivity index (χ0) is 13.9. The Morgan fingerprint density at radius 2 is 2.30 bits per heavy atom. The number of para-hydroxylation sites is 1. The molecule has 1 aliphatic heterocycles. The van der Waals surface area contributed by atoms with Crippen LogP contribution in [0.4, 0.5) is 11.4 Å². The van der Waals surface area contributed by atoms with Crippen molar-refractivity contribution >= 4 is 11.4 Å². The van der Waals surface area contributed by atoms with Crippen molar-refractivity contribution in [2.24, 2.45) is 0 Å². The van der Waals surface area contributed by atoms with E-state index in [0.29, 0.717) is 6.04 Å². The summed E-state index contributed by atoms with van der Waals surface area (Å²) in [4.78, 5) is 0. The SMILES string of the molecule is CC(C)n1cc(NCc2cccc3c2NCCC3)cn1. The highest BCUT2D eigenvalue weighted by Gasteiger charge is 2.12. The Morgan fingerprint density at radius 3 is 3.10 bits per heavy atom. The topological polar surface area (TPSA) is 41.9 Å². The second kappa shape index (κ2) is 5.57. The summed E-state index contributed by atoms with van der Waals surface area (Å²) < 4.78 is 1.97. The van der Waals surface area contributed by atoms with Crippen LogP contribution in [-0.2, 0) is 13.0 Å². The summed E-state index contributed by atoms with van der Waals surface area (Å²) >= 11 is 0. The van der Waals surface area contributed by atoms with Crippen molar-refractivity contribution in [3.8, 4) is 0 Å². The maximum absolute atomic E-state index is 4.35. The minimum absolute atomic E-state index is 0.400. The summed E-state index contributed by atoms with van der Waals surface area (Å²) in [5.74, 6) is 0. The summed E-state index contributed by atoms with van der Waals surface area (Å²) in [5, 5.41) is 11.3. The van der Waals surface area contributed by atoms with E-state index in [1.807, 2.05) is 10.9 Å². The quantitative estimate of drug-likeness (QED) is 0.894. The molecule has 4 heteroatoms. The molecule has 2 heterocycles. The van der Waals surface area contributed by atoms with Gasteiger partial charge in [0.15, 0.2) is 0 Å². The number of aromatic nitrogens is 2. The number of rotatable bonds is 4. The smallest absolute Gasteiger partial charge is 0.0729 e. The molecular weight excluding hydrogens is 248 g/mol. The fourth-order valence-corrected chi connectivity index (χ4v) is 2.64. The molecule has 2 N–H and O–H groups in total. The second-order valence-electron chi connectivity index (χ2n) is 5.64. The van der Waals surface area contributed by atoms with Crippen molar-refractivity contribution in [3.63, 3.8) is 0 Å². The monoisotopic (exact) mass is 270 g/mol. The molecule has 1 aliphatic rings. The Bertz CT molecular complexity index is 586.